The Morgan fingerprint density at radius 3 is 2.38 bits per heavy atom. The number of nitrogens with zero attached hydrogens (tertiary/aromatic N) is 10. The molecule has 4 saturated heterocycles. The van der Waals surface area contributed by atoms with Crippen molar-refractivity contribution in [3.8, 4) is 22.9 Å². The van der Waals surface area contributed by atoms with E-state index >= 15 is 0 Å². The molecule has 5 aliphatic rings. The summed E-state index contributed by atoms with van der Waals surface area (Å²) >= 11 is 0. The molecule has 0 radical (unpaired) electrons. The van der Waals surface area contributed by atoms with E-state index in [4.69, 9.17) is 9.72 Å². The van der Waals surface area contributed by atoms with Crippen LogP contribution in [0.4, 0.5) is 11.5 Å². The fraction of sp³-hybridized carbons (Fsp3) is 0.540. The first-order chi connectivity index (χ1) is 32.1. The molecule has 4 aromatic rings. The van der Waals surface area contributed by atoms with Crippen LogP contribution in [-0.2, 0) is 20.9 Å². The second kappa shape index (κ2) is 19.8. The van der Waals surface area contributed by atoms with Crippen molar-refractivity contribution in [2.45, 2.75) is 84.2 Å². The number of carbonyl (C=O) groups is 4. The van der Waals surface area contributed by atoms with Gasteiger partial charge in [0.05, 0.1) is 30.1 Å². The number of aromatic nitrogens is 3. The van der Waals surface area contributed by atoms with Crippen molar-refractivity contribution in [1.29, 1.82) is 5.26 Å². The molecule has 4 fully saturated rings. The molecule has 0 saturated carbocycles. The first-order valence-corrected chi connectivity index (χ1v) is 24.1. The van der Waals surface area contributed by atoms with Crippen LogP contribution in [0.1, 0.15) is 93.1 Å². The Kier molecular flexibility index (Phi) is 13.5. The highest BCUT2D eigenvalue weighted by molar-refractivity contribution is 6.05. The standard InChI is InChI=1S/C50H63N11O5/c1-3-66-40-29-42(47-38(30-51)32-53-61(47)34-40)36-9-13-44(52-31-36)58-18-15-50(2,16-19-58)35-56-22-26-59(27-23-56)46(63)8-6-4-5-7-17-55-20-24-57(25-21-55)39-10-11-41-37(28-39)33-60(49(41)65)43-12-14-45(62)54-48(43)64/h9-11,13,28-29,31-32,34,43H,3-8,12,14-27,33,35H2,1-2H3,(H,54,62,64). The van der Waals surface area contributed by atoms with Gasteiger partial charge < -0.3 is 24.3 Å². The van der Waals surface area contributed by atoms with Gasteiger partial charge >= 0.3 is 0 Å². The molecule has 3 aromatic heterocycles. The molecule has 16 nitrogen and oxygen atoms in total. The number of amides is 4. The number of hydrogen-bond donors (Lipinski definition) is 1. The Morgan fingerprint density at radius 1 is 0.879 bits per heavy atom. The molecule has 5 aliphatic heterocycles. The average molecular weight is 898 g/mol. The lowest BCUT2D eigenvalue weighted by Gasteiger charge is -2.44. The van der Waals surface area contributed by atoms with Gasteiger partial charge in [0.1, 0.15) is 23.7 Å². The number of ether oxygens (including phenoxy) is 1. The van der Waals surface area contributed by atoms with Crippen LogP contribution in [0.5, 0.6) is 5.75 Å². The zero-order valence-electron chi connectivity index (χ0n) is 38.6. The van der Waals surface area contributed by atoms with E-state index in [-0.39, 0.29) is 29.6 Å². The maximum absolute atomic E-state index is 13.2. The number of nitrogens with one attached hydrogen (secondary N) is 1. The van der Waals surface area contributed by atoms with E-state index in [2.05, 4.69) is 66.1 Å². The third kappa shape index (κ3) is 9.88. The van der Waals surface area contributed by atoms with Gasteiger partial charge in [0.25, 0.3) is 5.91 Å². The average Bonchev–Trinajstić information content (AvgIpc) is 3.90. The maximum Gasteiger partial charge on any atom is 0.255 e. The molecule has 9 rings (SSSR count). The van der Waals surface area contributed by atoms with Gasteiger partial charge in [0.15, 0.2) is 0 Å². The number of benzene rings is 1. The topological polar surface area (TPSA) is 163 Å². The van der Waals surface area contributed by atoms with Crippen LogP contribution in [0.3, 0.4) is 0 Å². The summed E-state index contributed by atoms with van der Waals surface area (Å²) in [4.78, 5) is 68.8. The fourth-order valence-electron chi connectivity index (χ4n) is 10.6. The Hall–Kier alpha value is -6.05. The van der Waals surface area contributed by atoms with E-state index in [1.165, 1.54) is 0 Å². The molecular formula is C50H63N11O5. The van der Waals surface area contributed by atoms with Gasteiger partial charge in [-0.3, -0.25) is 34.3 Å². The van der Waals surface area contributed by atoms with Gasteiger partial charge in [0.2, 0.25) is 17.7 Å². The lowest BCUT2D eigenvalue weighted by Crippen LogP contribution is -2.52. The van der Waals surface area contributed by atoms with Crippen molar-refractivity contribution in [2.24, 2.45) is 5.41 Å². The number of pyridine rings is 2. The van der Waals surface area contributed by atoms with Gasteiger partial charge in [-0.1, -0.05) is 19.8 Å². The van der Waals surface area contributed by atoms with E-state index in [9.17, 15) is 24.4 Å². The summed E-state index contributed by atoms with van der Waals surface area (Å²) in [6.07, 6.45) is 13.0. The van der Waals surface area contributed by atoms with E-state index in [1.807, 2.05) is 31.3 Å². The van der Waals surface area contributed by atoms with Gasteiger partial charge in [0, 0.05) is 120 Å². The first-order valence-electron chi connectivity index (χ1n) is 24.1. The van der Waals surface area contributed by atoms with Crippen LogP contribution in [0.15, 0.2) is 55.0 Å². The number of anilines is 2. The zero-order chi connectivity index (χ0) is 45.8. The van der Waals surface area contributed by atoms with Crippen molar-refractivity contribution >= 4 is 40.7 Å². The van der Waals surface area contributed by atoms with Crippen LogP contribution in [0, 0.1) is 16.7 Å². The molecule has 66 heavy (non-hydrogen) atoms. The van der Waals surface area contributed by atoms with E-state index in [1.54, 1.807) is 21.8 Å². The molecule has 0 bridgehead atoms. The summed E-state index contributed by atoms with van der Waals surface area (Å²) in [5.41, 5.74) is 5.97. The molecule has 8 heterocycles. The Morgan fingerprint density at radius 2 is 1.65 bits per heavy atom. The highest BCUT2D eigenvalue weighted by Gasteiger charge is 2.39. The number of unbranched alkanes of at least 4 members (excludes halogenated alkanes) is 3. The molecule has 0 spiro atoms. The summed E-state index contributed by atoms with van der Waals surface area (Å²) in [5.74, 6) is 1.17. The Balaban J connectivity index is 0.641. The predicted octanol–water partition coefficient (Wildman–Crippen LogP) is 4.95. The largest absolute Gasteiger partial charge is 0.492 e. The number of hydrogen-bond acceptors (Lipinski definition) is 12. The lowest BCUT2D eigenvalue weighted by molar-refractivity contribution is -0.137. The smallest absolute Gasteiger partial charge is 0.255 e. The molecule has 1 aromatic carbocycles. The number of rotatable bonds is 15. The summed E-state index contributed by atoms with van der Waals surface area (Å²) in [5, 5.41) is 16.5. The van der Waals surface area contributed by atoms with Crippen LogP contribution in [0.2, 0.25) is 0 Å². The lowest BCUT2D eigenvalue weighted by atomic mass is 9.79. The molecule has 1 atom stereocenters. The zero-order valence-corrected chi connectivity index (χ0v) is 38.6. The predicted molar refractivity (Wildman–Crippen MR) is 251 cm³/mol. The number of piperidine rings is 2. The van der Waals surface area contributed by atoms with Crippen molar-refractivity contribution in [1.82, 2.24) is 39.5 Å². The molecule has 1 unspecified atom stereocenters. The highest BCUT2D eigenvalue weighted by Crippen LogP contribution is 2.36. The summed E-state index contributed by atoms with van der Waals surface area (Å²) in [6.45, 7) is 16.6. The second-order valence-corrected chi connectivity index (χ2v) is 19.1. The van der Waals surface area contributed by atoms with Gasteiger partial charge in [-0.2, -0.15) is 10.4 Å². The van der Waals surface area contributed by atoms with Crippen molar-refractivity contribution in [3.63, 3.8) is 0 Å². The maximum atomic E-state index is 13.2. The minimum atomic E-state index is -0.597. The van der Waals surface area contributed by atoms with Gasteiger partial charge in [-0.15, -0.1) is 0 Å². The minimum absolute atomic E-state index is 0.135. The van der Waals surface area contributed by atoms with E-state index in [0.717, 1.165) is 151 Å². The number of fused-ring (bicyclic) bond motifs is 2. The second-order valence-electron chi connectivity index (χ2n) is 19.1. The van der Waals surface area contributed by atoms with E-state index < -0.39 is 6.04 Å². The number of nitriles is 1. The van der Waals surface area contributed by atoms with E-state index in [0.29, 0.717) is 48.8 Å². The van der Waals surface area contributed by atoms with Crippen LogP contribution in [0.25, 0.3) is 16.6 Å². The Bertz CT molecular complexity index is 2460. The quantitative estimate of drug-likeness (QED) is 0.127. The molecular weight excluding hydrogens is 835 g/mol. The van der Waals surface area contributed by atoms with Crippen molar-refractivity contribution in [2.75, 3.05) is 94.9 Å². The summed E-state index contributed by atoms with van der Waals surface area (Å²) in [6, 6.07) is 13.8. The van der Waals surface area contributed by atoms with Crippen molar-refractivity contribution in [3.05, 3.63) is 71.7 Å². The third-order valence-corrected chi connectivity index (χ3v) is 14.6. The molecule has 0 aliphatic carbocycles. The fourth-order valence-corrected chi connectivity index (χ4v) is 10.6. The monoisotopic (exact) mass is 898 g/mol. The first kappa shape index (κ1) is 45.1. The molecule has 1 N–H and O–H groups in total. The molecule has 4 amide bonds. The van der Waals surface area contributed by atoms with Crippen LogP contribution in [-0.4, -0.2) is 149 Å². The number of piperazine rings is 2. The normalized spacial score (nSPS) is 20.4. The minimum Gasteiger partial charge on any atom is -0.492 e. The molecule has 16 heteroatoms. The summed E-state index contributed by atoms with van der Waals surface area (Å²) in [7, 11) is 0. The SMILES string of the molecule is CCOc1cc(-c2ccc(N3CCC(C)(CN4CCN(C(=O)CCCCCCN5CCN(c6ccc7c(c6)CN(C6CCC(=O)NC6=O)C7=O)CC5)CC4)CC3)nc2)c2c(C#N)cnn2c1. The highest BCUT2D eigenvalue weighted by atomic mass is 16.5. The molecule has 348 valence electrons. The number of carbonyl (C=O) groups excluding carboxylic acids is 4. The van der Waals surface area contributed by atoms with Gasteiger partial charge in [-0.25, -0.2) is 9.50 Å². The van der Waals surface area contributed by atoms with Crippen LogP contribution < -0.4 is 19.9 Å². The van der Waals surface area contributed by atoms with Crippen molar-refractivity contribution < 1.29 is 23.9 Å². The van der Waals surface area contributed by atoms with Crippen LogP contribution >= 0.6 is 0 Å². The number of imide groups is 1. The van der Waals surface area contributed by atoms with Gasteiger partial charge in [-0.05, 0) is 92.9 Å². The Labute approximate surface area is 387 Å². The third-order valence-electron chi connectivity index (χ3n) is 14.6. The summed E-state index contributed by atoms with van der Waals surface area (Å²) < 4.78 is 7.50.